The summed E-state index contributed by atoms with van der Waals surface area (Å²) in [6, 6.07) is 5.32. The summed E-state index contributed by atoms with van der Waals surface area (Å²) in [5, 5.41) is 2.92. The van der Waals surface area contributed by atoms with E-state index < -0.39 is 5.97 Å². The van der Waals surface area contributed by atoms with Crippen molar-refractivity contribution in [1.82, 2.24) is 5.32 Å². The highest BCUT2D eigenvalue weighted by Gasteiger charge is 2.24. The van der Waals surface area contributed by atoms with Gasteiger partial charge in [0, 0.05) is 18.8 Å². The van der Waals surface area contributed by atoms with Crippen LogP contribution in [0, 0.1) is 0 Å². The third kappa shape index (κ3) is 4.11. The highest BCUT2D eigenvalue weighted by molar-refractivity contribution is 5.97. The second-order valence-electron chi connectivity index (χ2n) is 5.19. The molecule has 1 aromatic carbocycles. The molecule has 21 heavy (non-hydrogen) atoms. The summed E-state index contributed by atoms with van der Waals surface area (Å²) >= 11 is 0. The van der Waals surface area contributed by atoms with Gasteiger partial charge < -0.3 is 20.7 Å². The molecule has 1 aliphatic carbocycles. The lowest BCUT2D eigenvalue weighted by molar-refractivity contribution is -0.119. The Balaban J connectivity index is 2.12. The van der Waals surface area contributed by atoms with Crippen LogP contribution in [0.15, 0.2) is 18.2 Å². The minimum Gasteiger partial charge on any atom is -0.462 e. The number of esters is 1. The van der Waals surface area contributed by atoms with Crippen LogP contribution in [0.5, 0.6) is 0 Å². The van der Waals surface area contributed by atoms with Gasteiger partial charge in [0.25, 0.3) is 0 Å². The van der Waals surface area contributed by atoms with Gasteiger partial charge in [0.05, 0.1) is 24.4 Å². The molecule has 0 bridgehead atoms. The van der Waals surface area contributed by atoms with E-state index in [4.69, 9.17) is 10.5 Å². The number of nitrogens with two attached hydrogens (primary N) is 1. The third-order valence-corrected chi connectivity index (χ3v) is 3.25. The lowest BCUT2D eigenvalue weighted by atomic mass is 10.1. The van der Waals surface area contributed by atoms with E-state index in [2.05, 4.69) is 5.32 Å². The molecule has 0 saturated heterocycles. The van der Waals surface area contributed by atoms with Crippen LogP contribution >= 0.6 is 0 Å². The Hall–Kier alpha value is -2.24. The van der Waals surface area contributed by atoms with E-state index in [0.717, 1.165) is 12.8 Å². The van der Waals surface area contributed by atoms with Crippen LogP contribution in [0.3, 0.4) is 0 Å². The first kappa shape index (κ1) is 15.2. The maximum Gasteiger partial charge on any atom is 0.340 e. The number of likely N-dealkylation sites (N-methyl/N-ethyl adjacent to an activating group) is 1. The molecule has 1 saturated carbocycles. The molecule has 0 aromatic heterocycles. The van der Waals surface area contributed by atoms with Crippen molar-refractivity contribution in [2.75, 3.05) is 30.8 Å². The van der Waals surface area contributed by atoms with Gasteiger partial charge in [0.2, 0.25) is 5.91 Å². The maximum atomic E-state index is 12.0. The van der Waals surface area contributed by atoms with E-state index >= 15 is 0 Å². The second-order valence-corrected chi connectivity index (χ2v) is 5.19. The normalized spacial score (nSPS) is 13.6. The van der Waals surface area contributed by atoms with Crippen LogP contribution in [0.1, 0.15) is 30.1 Å². The number of carbonyl (C=O) groups excluding carboxylic acids is 2. The van der Waals surface area contributed by atoms with Crippen molar-refractivity contribution in [2.45, 2.75) is 25.8 Å². The van der Waals surface area contributed by atoms with Crippen LogP contribution in [0.2, 0.25) is 0 Å². The molecule has 1 amide bonds. The number of nitrogens with one attached hydrogen (secondary N) is 1. The Morgan fingerprint density at radius 3 is 2.76 bits per heavy atom. The van der Waals surface area contributed by atoms with E-state index in [1.165, 1.54) is 0 Å². The average molecular weight is 291 g/mol. The third-order valence-electron chi connectivity index (χ3n) is 3.25. The zero-order chi connectivity index (χ0) is 15.4. The number of amides is 1. The number of benzene rings is 1. The van der Waals surface area contributed by atoms with Gasteiger partial charge in [-0.1, -0.05) is 0 Å². The fraction of sp³-hybridized carbons (Fsp3) is 0.467. The lowest BCUT2D eigenvalue weighted by Crippen LogP contribution is -2.36. The van der Waals surface area contributed by atoms with Gasteiger partial charge in [0.1, 0.15) is 0 Å². The molecular formula is C15H21N3O3. The molecule has 0 atom stereocenters. The first-order chi connectivity index (χ1) is 10.0. The summed E-state index contributed by atoms with van der Waals surface area (Å²) in [6.45, 7) is 2.22. The molecule has 0 aliphatic heterocycles. The van der Waals surface area contributed by atoms with Gasteiger partial charge >= 0.3 is 5.97 Å². The Morgan fingerprint density at radius 1 is 1.43 bits per heavy atom. The van der Waals surface area contributed by atoms with Gasteiger partial charge in [-0.2, -0.15) is 0 Å². The zero-order valence-corrected chi connectivity index (χ0v) is 12.4. The summed E-state index contributed by atoms with van der Waals surface area (Å²) in [4.78, 5) is 25.6. The molecule has 1 fully saturated rings. The van der Waals surface area contributed by atoms with Crippen LogP contribution in [0.4, 0.5) is 11.4 Å². The predicted octanol–water partition coefficient (Wildman–Crippen LogP) is 1.16. The first-order valence-electron chi connectivity index (χ1n) is 7.08. The number of hydrogen-bond donors (Lipinski definition) is 2. The molecule has 0 unspecified atom stereocenters. The monoisotopic (exact) mass is 291 g/mol. The van der Waals surface area contributed by atoms with E-state index in [0.29, 0.717) is 29.6 Å². The topological polar surface area (TPSA) is 84.7 Å². The number of nitrogen functional groups attached to an aromatic ring is 1. The highest BCUT2D eigenvalue weighted by Crippen LogP contribution is 2.23. The van der Waals surface area contributed by atoms with Crippen molar-refractivity contribution in [3.05, 3.63) is 23.8 Å². The van der Waals surface area contributed by atoms with Crippen LogP contribution in [-0.4, -0.2) is 38.1 Å². The lowest BCUT2D eigenvalue weighted by Gasteiger charge is -2.21. The van der Waals surface area contributed by atoms with Crippen molar-refractivity contribution in [3.8, 4) is 0 Å². The van der Waals surface area contributed by atoms with E-state index in [9.17, 15) is 9.59 Å². The molecule has 0 heterocycles. The van der Waals surface area contributed by atoms with Crippen LogP contribution in [0.25, 0.3) is 0 Å². The first-order valence-corrected chi connectivity index (χ1v) is 7.08. The highest BCUT2D eigenvalue weighted by atomic mass is 16.5. The molecule has 1 aliphatic rings. The van der Waals surface area contributed by atoms with Gasteiger partial charge in [0.15, 0.2) is 0 Å². The van der Waals surface area contributed by atoms with Crippen molar-refractivity contribution >= 4 is 23.3 Å². The Morgan fingerprint density at radius 2 is 2.14 bits per heavy atom. The standard InChI is InChI=1S/C15H21N3O3/c1-3-21-15(20)12-8-10(16)4-7-13(12)18(2)9-14(19)17-11-5-6-11/h4,7-8,11H,3,5-6,9,16H2,1-2H3,(H,17,19). The number of ether oxygens (including phenoxy) is 1. The van der Waals surface area contributed by atoms with E-state index in [1.54, 1.807) is 37.1 Å². The molecule has 114 valence electrons. The summed E-state index contributed by atoms with van der Waals surface area (Å²) in [7, 11) is 1.76. The number of rotatable bonds is 6. The summed E-state index contributed by atoms with van der Waals surface area (Å²) in [5.74, 6) is -0.485. The number of nitrogens with zero attached hydrogens (tertiary/aromatic N) is 1. The minimum absolute atomic E-state index is 0.0494. The summed E-state index contributed by atoms with van der Waals surface area (Å²) < 4.78 is 5.03. The molecule has 0 spiro atoms. The van der Waals surface area contributed by atoms with Gasteiger partial charge in [-0.15, -0.1) is 0 Å². The minimum atomic E-state index is -0.436. The molecule has 1 aromatic rings. The van der Waals surface area contributed by atoms with Crippen molar-refractivity contribution in [2.24, 2.45) is 0 Å². The van der Waals surface area contributed by atoms with Crippen LogP contribution in [-0.2, 0) is 9.53 Å². The smallest absolute Gasteiger partial charge is 0.340 e. The van der Waals surface area contributed by atoms with Gasteiger partial charge in [-0.05, 0) is 38.0 Å². The average Bonchev–Trinajstić information content (AvgIpc) is 3.22. The fourth-order valence-corrected chi connectivity index (χ4v) is 2.06. The number of carbonyl (C=O) groups is 2. The Bertz CT molecular complexity index is 541. The van der Waals surface area contributed by atoms with Gasteiger partial charge in [-0.25, -0.2) is 4.79 Å². The van der Waals surface area contributed by atoms with E-state index in [-0.39, 0.29) is 12.5 Å². The second kappa shape index (κ2) is 6.47. The SMILES string of the molecule is CCOC(=O)c1cc(N)ccc1N(C)CC(=O)NC1CC1. The van der Waals surface area contributed by atoms with E-state index in [1.807, 2.05) is 0 Å². The van der Waals surface area contributed by atoms with Crippen molar-refractivity contribution < 1.29 is 14.3 Å². The van der Waals surface area contributed by atoms with Gasteiger partial charge in [-0.3, -0.25) is 4.79 Å². The zero-order valence-electron chi connectivity index (χ0n) is 12.4. The molecule has 6 heteroatoms. The predicted molar refractivity (Wildman–Crippen MR) is 81.2 cm³/mol. The summed E-state index contributed by atoms with van der Waals surface area (Å²) in [6.07, 6.45) is 2.09. The van der Waals surface area contributed by atoms with Crippen LogP contribution < -0.4 is 16.0 Å². The van der Waals surface area contributed by atoms with Crippen molar-refractivity contribution in [1.29, 1.82) is 0 Å². The molecule has 6 nitrogen and oxygen atoms in total. The Labute approximate surface area is 124 Å². The molecule has 3 N–H and O–H groups in total. The quantitative estimate of drug-likeness (QED) is 0.607. The molecular weight excluding hydrogens is 270 g/mol. The Kier molecular flexibility index (Phi) is 4.67. The summed E-state index contributed by atoms with van der Waals surface area (Å²) in [5.41, 5.74) is 7.22. The largest absolute Gasteiger partial charge is 0.462 e. The maximum absolute atomic E-state index is 12.0. The number of hydrogen-bond acceptors (Lipinski definition) is 5. The molecule has 0 radical (unpaired) electrons. The molecule has 2 rings (SSSR count). The number of anilines is 2. The fourth-order valence-electron chi connectivity index (χ4n) is 2.06. The van der Waals surface area contributed by atoms with Crippen molar-refractivity contribution in [3.63, 3.8) is 0 Å².